The fourth-order valence-corrected chi connectivity index (χ4v) is 3.35. The van der Waals surface area contributed by atoms with E-state index >= 15 is 0 Å². The molecule has 0 spiro atoms. The van der Waals surface area contributed by atoms with E-state index in [9.17, 15) is 4.79 Å². The van der Waals surface area contributed by atoms with E-state index in [1.807, 2.05) is 66.2 Å². The molecule has 0 radical (unpaired) electrons. The van der Waals surface area contributed by atoms with Crippen LogP contribution in [0.1, 0.15) is 37.0 Å². The van der Waals surface area contributed by atoms with Crippen molar-refractivity contribution >= 4 is 5.91 Å². The maximum Gasteiger partial charge on any atom is 0.256 e. The second-order valence-electron chi connectivity index (χ2n) is 6.31. The number of likely N-dealkylation sites (tertiary alicyclic amines) is 1. The lowest BCUT2D eigenvalue weighted by molar-refractivity contribution is -0.145. The third-order valence-corrected chi connectivity index (χ3v) is 4.48. The Bertz CT molecular complexity index is 668. The average Bonchev–Trinajstić information content (AvgIpc) is 3.22. The highest BCUT2D eigenvalue weighted by molar-refractivity contribution is 5.83. The largest absolute Gasteiger partial charge is 0.364 e. The number of amides is 1. The van der Waals surface area contributed by atoms with Crippen LogP contribution in [0.3, 0.4) is 0 Å². The van der Waals surface area contributed by atoms with Gasteiger partial charge in [-0.3, -0.25) is 9.48 Å². The second-order valence-corrected chi connectivity index (χ2v) is 6.31. The summed E-state index contributed by atoms with van der Waals surface area (Å²) < 4.78 is 7.73. The molecule has 1 aliphatic rings. The minimum absolute atomic E-state index is 0.0643. The predicted octanol–water partition coefficient (Wildman–Crippen LogP) is 2.96. The molecule has 24 heavy (non-hydrogen) atoms. The fourth-order valence-electron chi connectivity index (χ4n) is 3.35. The van der Waals surface area contributed by atoms with E-state index in [1.54, 1.807) is 0 Å². The van der Waals surface area contributed by atoms with Gasteiger partial charge in [-0.1, -0.05) is 30.3 Å². The molecular formula is C19H25N3O2. The highest BCUT2D eigenvalue weighted by Gasteiger charge is 2.34. The van der Waals surface area contributed by atoms with Crippen molar-refractivity contribution < 1.29 is 9.53 Å². The Morgan fingerprint density at radius 2 is 2.17 bits per heavy atom. The molecule has 2 heterocycles. The fraction of sp³-hybridized carbons (Fsp3) is 0.474. The lowest BCUT2D eigenvalue weighted by Gasteiger charge is -2.29. The van der Waals surface area contributed by atoms with Crippen molar-refractivity contribution in [1.29, 1.82) is 0 Å². The third-order valence-electron chi connectivity index (χ3n) is 4.48. The van der Waals surface area contributed by atoms with E-state index in [0.717, 1.165) is 37.1 Å². The van der Waals surface area contributed by atoms with E-state index in [1.165, 1.54) is 0 Å². The molecule has 1 aromatic carbocycles. The first kappa shape index (κ1) is 16.7. The topological polar surface area (TPSA) is 47.4 Å². The molecule has 2 atom stereocenters. The van der Waals surface area contributed by atoms with E-state index in [4.69, 9.17) is 4.74 Å². The van der Waals surface area contributed by atoms with Crippen LogP contribution < -0.4 is 0 Å². The Morgan fingerprint density at radius 3 is 2.83 bits per heavy atom. The molecule has 0 aliphatic carbocycles. The van der Waals surface area contributed by atoms with Gasteiger partial charge in [0.2, 0.25) is 0 Å². The quantitative estimate of drug-likeness (QED) is 0.819. The number of hydrogen-bond acceptors (Lipinski definition) is 3. The van der Waals surface area contributed by atoms with E-state index in [0.29, 0.717) is 6.61 Å². The first-order chi connectivity index (χ1) is 11.7. The van der Waals surface area contributed by atoms with Crippen LogP contribution in [-0.2, 0) is 16.1 Å². The van der Waals surface area contributed by atoms with Gasteiger partial charge in [-0.05, 0) is 37.8 Å². The first-order valence-corrected chi connectivity index (χ1v) is 8.65. The molecule has 1 fully saturated rings. The summed E-state index contributed by atoms with van der Waals surface area (Å²) in [4.78, 5) is 15.1. The zero-order valence-electron chi connectivity index (χ0n) is 14.4. The SMILES string of the molecule is CCO[C@@H](C(=O)N1CCC[C@H]1Cn1cc(C)cn1)c1ccccc1. The Kier molecular flexibility index (Phi) is 5.30. The molecule has 5 nitrogen and oxygen atoms in total. The molecule has 1 aromatic heterocycles. The Morgan fingerprint density at radius 1 is 1.38 bits per heavy atom. The Balaban J connectivity index is 1.75. The molecule has 2 aromatic rings. The van der Waals surface area contributed by atoms with Crippen molar-refractivity contribution in [3.8, 4) is 0 Å². The van der Waals surface area contributed by atoms with E-state index in [2.05, 4.69) is 5.10 Å². The normalized spacial score (nSPS) is 18.8. The van der Waals surface area contributed by atoms with Gasteiger partial charge in [0, 0.05) is 19.3 Å². The summed E-state index contributed by atoms with van der Waals surface area (Å²) in [5.74, 6) is 0.0643. The van der Waals surface area contributed by atoms with Crippen LogP contribution in [0.15, 0.2) is 42.7 Å². The summed E-state index contributed by atoms with van der Waals surface area (Å²) in [7, 11) is 0. The predicted molar refractivity (Wildman–Crippen MR) is 92.5 cm³/mol. The smallest absolute Gasteiger partial charge is 0.256 e. The van der Waals surface area contributed by atoms with Gasteiger partial charge in [0.05, 0.1) is 18.8 Å². The van der Waals surface area contributed by atoms with Crippen molar-refractivity contribution in [2.45, 2.75) is 45.4 Å². The van der Waals surface area contributed by atoms with Crippen LogP contribution in [0.25, 0.3) is 0 Å². The number of nitrogens with zero attached hydrogens (tertiary/aromatic N) is 3. The molecule has 5 heteroatoms. The molecule has 0 unspecified atom stereocenters. The molecular weight excluding hydrogens is 302 g/mol. The van der Waals surface area contributed by atoms with Crippen molar-refractivity contribution in [1.82, 2.24) is 14.7 Å². The number of benzene rings is 1. The lowest BCUT2D eigenvalue weighted by Crippen LogP contribution is -2.41. The number of rotatable bonds is 6. The summed E-state index contributed by atoms with van der Waals surface area (Å²) in [6.45, 7) is 6.01. The van der Waals surface area contributed by atoms with Gasteiger partial charge in [-0.2, -0.15) is 5.10 Å². The van der Waals surface area contributed by atoms with Gasteiger partial charge in [-0.15, -0.1) is 0 Å². The van der Waals surface area contributed by atoms with Crippen LogP contribution in [0.2, 0.25) is 0 Å². The number of hydrogen-bond donors (Lipinski definition) is 0. The van der Waals surface area contributed by atoms with Crippen molar-refractivity contribution in [3.63, 3.8) is 0 Å². The van der Waals surface area contributed by atoms with Crippen molar-refractivity contribution in [2.24, 2.45) is 0 Å². The molecule has 0 saturated carbocycles. The highest BCUT2D eigenvalue weighted by atomic mass is 16.5. The summed E-state index contributed by atoms with van der Waals surface area (Å²) >= 11 is 0. The molecule has 1 amide bonds. The van der Waals surface area contributed by atoms with Gasteiger partial charge in [0.25, 0.3) is 5.91 Å². The van der Waals surface area contributed by atoms with E-state index < -0.39 is 6.10 Å². The molecule has 1 aliphatic heterocycles. The summed E-state index contributed by atoms with van der Waals surface area (Å²) in [5, 5.41) is 4.36. The summed E-state index contributed by atoms with van der Waals surface area (Å²) in [6.07, 6.45) is 5.41. The van der Waals surface area contributed by atoms with Gasteiger partial charge in [0.15, 0.2) is 6.10 Å². The maximum atomic E-state index is 13.1. The first-order valence-electron chi connectivity index (χ1n) is 8.65. The van der Waals surface area contributed by atoms with Gasteiger partial charge in [-0.25, -0.2) is 0 Å². The number of aryl methyl sites for hydroxylation is 1. The Labute approximate surface area is 143 Å². The van der Waals surface area contributed by atoms with Crippen LogP contribution in [-0.4, -0.2) is 39.8 Å². The standard InChI is InChI=1S/C19H25N3O2/c1-3-24-18(16-8-5-4-6-9-16)19(23)22-11-7-10-17(22)14-21-13-15(2)12-20-21/h4-6,8-9,12-13,17-18H,3,7,10-11,14H2,1-2H3/t17-,18+/m0/s1. The lowest BCUT2D eigenvalue weighted by atomic mass is 10.1. The molecule has 128 valence electrons. The van der Waals surface area contributed by atoms with Crippen LogP contribution in [0.5, 0.6) is 0 Å². The zero-order chi connectivity index (χ0) is 16.9. The molecule has 3 rings (SSSR count). The molecule has 0 N–H and O–H groups in total. The Hall–Kier alpha value is -2.14. The van der Waals surface area contributed by atoms with Gasteiger partial charge >= 0.3 is 0 Å². The second kappa shape index (κ2) is 7.62. The number of ether oxygens (including phenoxy) is 1. The monoisotopic (exact) mass is 327 g/mol. The minimum Gasteiger partial charge on any atom is -0.364 e. The highest BCUT2D eigenvalue weighted by Crippen LogP contribution is 2.26. The van der Waals surface area contributed by atoms with Crippen molar-refractivity contribution in [3.05, 3.63) is 53.9 Å². The van der Waals surface area contributed by atoms with Gasteiger partial charge in [0.1, 0.15) is 0 Å². The van der Waals surface area contributed by atoms with E-state index in [-0.39, 0.29) is 11.9 Å². The molecule has 0 bridgehead atoms. The average molecular weight is 327 g/mol. The summed E-state index contributed by atoms with van der Waals surface area (Å²) in [6, 6.07) is 9.95. The third kappa shape index (κ3) is 3.67. The summed E-state index contributed by atoms with van der Waals surface area (Å²) in [5.41, 5.74) is 2.06. The molecule has 1 saturated heterocycles. The zero-order valence-corrected chi connectivity index (χ0v) is 14.4. The van der Waals surface area contributed by atoms with Crippen LogP contribution >= 0.6 is 0 Å². The van der Waals surface area contributed by atoms with Crippen LogP contribution in [0.4, 0.5) is 0 Å². The maximum absolute atomic E-state index is 13.1. The van der Waals surface area contributed by atoms with Crippen LogP contribution in [0, 0.1) is 6.92 Å². The van der Waals surface area contributed by atoms with Gasteiger partial charge < -0.3 is 9.64 Å². The number of carbonyl (C=O) groups is 1. The number of carbonyl (C=O) groups excluding carboxylic acids is 1. The van der Waals surface area contributed by atoms with Crippen molar-refractivity contribution in [2.75, 3.05) is 13.2 Å². The minimum atomic E-state index is -0.517. The number of aromatic nitrogens is 2.